The van der Waals surface area contributed by atoms with Gasteiger partial charge in [-0.15, -0.1) is 5.10 Å². The van der Waals surface area contributed by atoms with E-state index in [9.17, 15) is 4.79 Å². The Hall–Kier alpha value is -4.28. The molecule has 158 valence electrons. The molecule has 0 spiro atoms. The van der Waals surface area contributed by atoms with E-state index in [1.807, 2.05) is 43.3 Å². The first-order valence-corrected chi connectivity index (χ1v) is 9.56. The van der Waals surface area contributed by atoms with E-state index in [4.69, 9.17) is 10.5 Å². The summed E-state index contributed by atoms with van der Waals surface area (Å²) in [6, 6.07) is 11.6. The normalized spacial score (nSPS) is 11.3. The van der Waals surface area contributed by atoms with Gasteiger partial charge in [-0.25, -0.2) is 10.1 Å². The van der Waals surface area contributed by atoms with Crippen LogP contribution in [0.15, 0.2) is 46.1 Å². The van der Waals surface area contributed by atoms with Crippen molar-refractivity contribution in [3.05, 3.63) is 53.3 Å². The smallest absolute Gasteiger partial charge is 0.293 e. The molecule has 2 heterocycles. The van der Waals surface area contributed by atoms with E-state index >= 15 is 0 Å². The van der Waals surface area contributed by atoms with Crippen LogP contribution in [-0.2, 0) is 6.42 Å². The maximum absolute atomic E-state index is 12.8. The van der Waals surface area contributed by atoms with Crippen molar-refractivity contribution in [1.82, 2.24) is 30.7 Å². The molecule has 0 aliphatic heterocycles. The van der Waals surface area contributed by atoms with Crippen molar-refractivity contribution < 1.29 is 14.2 Å². The number of nitrogen functional groups attached to an aromatic ring is 1. The van der Waals surface area contributed by atoms with Crippen molar-refractivity contribution in [2.24, 2.45) is 5.10 Å². The summed E-state index contributed by atoms with van der Waals surface area (Å²) in [6.07, 6.45) is 2.81. The van der Waals surface area contributed by atoms with Gasteiger partial charge in [-0.1, -0.05) is 48.9 Å². The maximum Gasteiger partial charge on any atom is 0.293 e. The van der Waals surface area contributed by atoms with Crippen LogP contribution < -0.4 is 15.9 Å². The highest BCUT2D eigenvalue weighted by atomic mass is 16.6. The number of anilines is 1. The Bertz CT molecular complexity index is 1260. The summed E-state index contributed by atoms with van der Waals surface area (Å²) in [7, 11) is 1.58. The molecule has 0 aliphatic carbocycles. The lowest BCUT2D eigenvalue weighted by molar-refractivity contribution is 0.0949. The summed E-state index contributed by atoms with van der Waals surface area (Å²) in [4.78, 5) is 12.8. The minimum Gasteiger partial charge on any atom is -0.496 e. The van der Waals surface area contributed by atoms with Crippen LogP contribution in [0, 0.1) is 0 Å². The van der Waals surface area contributed by atoms with Crippen molar-refractivity contribution >= 4 is 28.7 Å². The van der Waals surface area contributed by atoms with Gasteiger partial charge in [-0.05, 0) is 33.6 Å². The lowest BCUT2D eigenvalue weighted by atomic mass is 10.0. The standard InChI is InChI=1S/C20H20N8O3/c1-3-6-15-17(23-27-28(15)19-18(21)25-31-26-19)20(29)24-22-11-14-13-8-5-4-7-12(13)9-10-16(14)30-2/h4-5,7-11H,3,6H2,1-2H3,(H2,21,25)(H,24,29)/b22-11+. The number of nitrogens with zero attached hydrogens (tertiary/aromatic N) is 6. The highest BCUT2D eigenvalue weighted by molar-refractivity contribution is 6.03. The molecule has 0 unspecified atom stereocenters. The fourth-order valence-corrected chi connectivity index (χ4v) is 3.24. The largest absolute Gasteiger partial charge is 0.496 e. The van der Waals surface area contributed by atoms with Gasteiger partial charge in [0.25, 0.3) is 5.91 Å². The van der Waals surface area contributed by atoms with Crippen LogP contribution in [0.4, 0.5) is 5.82 Å². The highest BCUT2D eigenvalue weighted by Crippen LogP contribution is 2.26. The molecule has 1 amide bonds. The van der Waals surface area contributed by atoms with Crippen LogP contribution >= 0.6 is 0 Å². The fourth-order valence-electron chi connectivity index (χ4n) is 3.24. The van der Waals surface area contributed by atoms with Crippen molar-refractivity contribution in [3.8, 4) is 11.6 Å². The van der Waals surface area contributed by atoms with E-state index in [2.05, 4.69) is 35.8 Å². The average molecular weight is 420 g/mol. The molecule has 0 bridgehead atoms. The first-order chi connectivity index (χ1) is 15.1. The number of fused-ring (bicyclic) bond motifs is 1. The second-order valence-electron chi connectivity index (χ2n) is 6.62. The van der Waals surface area contributed by atoms with E-state index in [-0.39, 0.29) is 17.3 Å². The maximum atomic E-state index is 12.8. The predicted octanol–water partition coefficient (Wildman–Crippen LogP) is 2.11. The van der Waals surface area contributed by atoms with Crippen LogP contribution in [-0.4, -0.2) is 44.5 Å². The van der Waals surface area contributed by atoms with Gasteiger partial charge in [0.05, 0.1) is 19.0 Å². The second kappa shape index (κ2) is 8.61. The zero-order chi connectivity index (χ0) is 21.8. The topological polar surface area (TPSA) is 146 Å². The fraction of sp³-hybridized carbons (Fsp3) is 0.200. The number of rotatable bonds is 7. The molecule has 0 saturated carbocycles. The average Bonchev–Trinajstić information content (AvgIpc) is 3.39. The van der Waals surface area contributed by atoms with Gasteiger partial charge >= 0.3 is 0 Å². The number of hydrogen-bond acceptors (Lipinski definition) is 9. The van der Waals surface area contributed by atoms with E-state index < -0.39 is 5.91 Å². The summed E-state index contributed by atoms with van der Waals surface area (Å²) in [5.74, 6) is 0.359. The number of hydrogen-bond donors (Lipinski definition) is 2. The molecule has 0 saturated heterocycles. The second-order valence-corrected chi connectivity index (χ2v) is 6.62. The van der Waals surface area contributed by atoms with E-state index in [1.54, 1.807) is 13.3 Å². The number of aromatic nitrogens is 5. The summed E-state index contributed by atoms with van der Waals surface area (Å²) in [6.45, 7) is 1.97. The number of carbonyl (C=O) groups is 1. The van der Waals surface area contributed by atoms with Crippen molar-refractivity contribution in [3.63, 3.8) is 0 Å². The number of benzene rings is 2. The van der Waals surface area contributed by atoms with Gasteiger partial charge in [-0.2, -0.15) is 9.78 Å². The number of methoxy groups -OCH3 is 1. The Morgan fingerprint density at radius 1 is 1.29 bits per heavy atom. The third-order valence-electron chi connectivity index (χ3n) is 4.67. The van der Waals surface area contributed by atoms with E-state index in [0.29, 0.717) is 17.9 Å². The van der Waals surface area contributed by atoms with Gasteiger partial charge in [0.1, 0.15) is 5.75 Å². The lowest BCUT2D eigenvalue weighted by Crippen LogP contribution is -2.20. The summed E-state index contributed by atoms with van der Waals surface area (Å²) < 4.78 is 11.4. The summed E-state index contributed by atoms with van der Waals surface area (Å²) in [5, 5.41) is 21.3. The molecule has 3 N–H and O–H groups in total. The molecule has 11 nitrogen and oxygen atoms in total. The van der Waals surface area contributed by atoms with E-state index in [0.717, 1.165) is 22.8 Å². The zero-order valence-corrected chi connectivity index (χ0v) is 16.9. The third-order valence-corrected chi connectivity index (χ3v) is 4.67. The molecule has 0 aliphatic rings. The van der Waals surface area contributed by atoms with Crippen molar-refractivity contribution in [2.75, 3.05) is 12.8 Å². The number of hydrazone groups is 1. The van der Waals surface area contributed by atoms with Gasteiger partial charge in [0.15, 0.2) is 5.69 Å². The third kappa shape index (κ3) is 3.80. The molecule has 31 heavy (non-hydrogen) atoms. The molecular weight excluding hydrogens is 400 g/mol. The van der Waals surface area contributed by atoms with Crippen LogP contribution in [0.25, 0.3) is 16.6 Å². The van der Waals surface area contributed by atoms with Crippen molar-refractivity contribution in [1.29, 1.82) is 0 Å². The minimum absolute atomic E-state index is 0.0512. The quantitative estimate of drug-likeness (QED) is 0.341. The molecule has 11 heteroatoms. The number of ether oxygens (including phenoxy) is 1. The Kier molecular flexibility index (Phi) is 5.56. The Balaban J connectivity index is 1.62. The molecule has 0 fully saturated rings. The number of nitrogens with two attached hydrogens (primary N) is 1. The SMILES string of the molecule is CCCc1c(C(=O)N/N=C/c2c(OC)ccc3ccccc23)nnn1-c1nonc1N. The van der Waals surface area contributed by atoms with Gasteiger partial charge < -0.3 is 10.5 Å². The van der Waals surface area contributed by atoms with Crippen molar-refractivity contribution in [2.45, 2.75) is 19.8 Å². The highest BCUT2D eigenvalue weighted by Gasteiger charge is 2.23. The molecular formula is C20H20N8O3. The molecule has 2 aromatic heterocycles. The minimum atomic E-state index is -0.514. The number of nitrogens with one attached hydrogen (secondary N) is 1. The van der Waals surface area contributed by atoms with E-state index in [1.165, 1.54) is 4.68 Å². The number of amides is 1. The van der Waals surface area contributed by atoms with Crippen LogP contribution in [0.1, 0.15) is 35.1 Å². The van der Waals surface area contributed by atoms with Crippen LogP contribution in [0.2, 0.25) is 0 Å². The van der Waals surface area contributed by atoms with Crippen LogP contribution in [0.3, 0.4) is 0 Å². The Labute approximate surface area is 176 Å². The molecule has 2 aromatic carbocycles. The molecule has 0 atom stereocenters. The van der Waals surface area contributed by atoms with Gasteiger partial charge in [0, 0.05) is 5.56 Å². The lowest BCUT2D eigenvalue weighted by Gasteiger charge is -2.08. The predicted molar refractivity (Wildman–Crippen MR) is 113 cm³/mol. The van der Waals surface area contributed by atoms with Gasteiger partial charge in [0.2, 0.25) is 11.6 Å². The molecule has 4 aromatic rings. The Morgan fingerprint density at radius 2 is 2.13 bits per heavy atom. The first-order valence-electron chi connectivity index (χ1n) is 9.56. The molecule has 0 radical (unpaired) electrons. The summed E-state index contributed by atoms with van der Waals surface area (Å²) >= 11 is 0. The number of carbonyl (C=O) groups excluding carboxylic acids is 1. The van der Waals surface area contributed by atoms with Gasteiger partial charge in [-0.3, -0.25) is 4.79 Å². The Morgan fingerprint density at radius 3 is 2.87 bits per heavy atom. The molecule has 4 rings (SSSR count). The van der Waals surface area contributed by atoms with Crippen LogP contribution in [0.5, 0.6) is 5.75 Å². The summed E-state index contributed by atoms with van der Waals surface area (Å²) in [5.41, 5.74) is 9.65. The first kappa shape index (κ1) is 20.0. The zero-order valence-electron chi connectivity index (χ0n) is 16.9. The monoisotopic (exact) mass is 420 g/mol.